The molecule has 0 bridgehead atoms. The first-order valence-corrected chi connectivity index (χ1v) is 9.11. The Bertz CT molecular complexity index is 569. The lowest BCUT2D eigenvalue weighted by Gasteiger charge is -2.21. The summed E-state index contributed by atoms with van der Waals surface area (Å²) in [6, 6.07) is 4.73. The molecule has 0 saturated heterocycles. The second-order valence-electron chi connectivity index (χ2n) is 5.32. The third kappa shape index (κ3) is 3.48. The third-order valence-corrected chi connectivity index (χ3v) is 6.33. The largest absolute Gasteiger partial charge is 0.242 e. The molecule has 20 heavy (non-hydrogen) atoms. The van der Waals surface area contributed by atoms with Gasteiger partial charge in [0, 0.05) is 24.5 Å². The van der Waals surface area contributed by atoms with Crippen LogP contribution in [-0.2, 0) is 15.9 Å². The van der Waals surface area contributed by atoms with Crippen molar-refractivity contribution in [3.63, 3.8) is 0 Å². The normalized spacial score (nSPS) is 17.0. The van der Waals surface area contributed by atoms with Crippen molar-refractivity contribution in [3.8, 4) is 0 Å². The minimum Gasteiger partial charge on any atom is -0.207 e. The third-order valence-electron chi connectivity index (χ3n) is 3.87. The van der Waals surface area contributed by atoms with E-state index in [1.807, 2.05) is 0 Å². The van der Waals surface area contributed by atoms with Crippen molar-refractivity contribution in [2.75, 3.05) is 13.6 Å². The molecule has 0 aliphatic heterocycles. The zero-order chi connectivity index (χ0) is 14.8. The minimum absolute atomic E-state index is 0.233. The molecule has 6 heteroatoms. The van der Waals surface area contributed by atoms with Crippen LogP contribution >= 0.6 is 23.2 Å². The van der Waals surface area contributed by atoms with Crippen LogP contribution in [0.4, 0.5) is 0 Å². The van der Waals surface area contributed by atoms with Crippen LogP contribution in [0.3, 0.4) is 0 Å². The fraction of sp³-hybridized carbons (Fsp3) is 0.571. The smallest absolute Gasteiger partial charge is 0.207 e. The lowest BCUT2D eigenvalue weighted by atomic mass is 10.1. The molecule has 1 aliphatic carbocycles. The van der Waals surface area contributed by atoms with Crippen molar-refractivity contribution in [3.05, 3.63) is 28.8 Å². The van der Waals surface area contributed by atoms with Gasteiger partial charge in [0.2, 0.25) is 10.0 Å². The van der Waals surface area contributed by atoms with Gasteiger partial charge in [-0.1, -0.05) is 30.5 Å². The summed E-state index contributed by atoms with van der Waals surface area (Å²) in [6.45, 7) is 0.581. The number of alkyl halides is 1. The van der Waals surface area contributed by atoms with Crippen LogP contribution in [0.2, 0.25) is 5.02 Å². The summed E-state index contributed by atoms with van der Waals surface area (Å²) in [5, 5.41) is 0.398. The van der Waals surface area contributed by atoms with Crippen LogP contribution in [0, 0.1) is 5.92 Å². The van der Waals surface area contributed by atoms with Gasteiger partial charge in [-0.05, 0) is 36.5 Å². The standard InChI is InChI=1S/C14H19Cl2NO2S/c1-17(10-11-4-2-3-5-11)20(18,19)13-7-6-12(9-15)14(16)8-13/h6-8,11H,2-5,9-10H2,1H3. The highest BCUT2D eigenvalue weighted by molar-refractivity contribution is 7.89. The second-order valence-corrected chi connectivity index (χ2v) is 8.04. The van der Waals surface area contributed by atoms with E-state index in [-0.39, 0.29) is 10.8 Å². The summed E-state index contributed by atoms with van der Waals surface area (Å²) in [5.41, 5.74) is 0.741. The number of rotatable bonds is 5. The van der Waals surface area contributed by atoms with Crippen LogP contribution in [0.15, 0.2) is 23.1 Å². The monoisotopic (exact) mass is 335 g/mol. The average Bonchev–Trinajstić information content (AvgIpc) is 2.91. The molecule has 2 rings (SSSR count). The Morgan fingerprint density at radius 2 is 1.95 bits per heavy atom. The molecule has 0 heterocycles. The number of benzene rings is 1. The van der Waals surface area contributed by atoms with Gasteiger partial charge in [0.1, 0.15) is 0 Å². The van der Waals surface area contributed by atoms with Crippen LogP contribution < -0.4 is 0 Å². The number of hydrogen-bond acceptors (Lipinski definition) is 2. The Morgan fingerprint density at radius 3 is 2.50 bits per heavy atom. The molecule has 1 aromatic carbocycles. The highest BCUT2D eigenvalue weighted by Gasteiger charge is 2.25. The summed E-state index contributed by atoms with van der Waals surface area (Å²) in [7, 11) is -1.83. The van der Waals surface area contributed by atoms with Crippen LogP contribution in [0.25, 0.3) is 0 Å². The number of hydrogen-bond donors (Lipinski definition) is 0. The van der Waals surface area contributed by atoms with E-state index in [1.54, 1.807) is 19.2 Å². The molecule has 0 amide bonds. The molecule has 1 saturated carbocycles. The zero-order valence-electron chi connectivity index (χ0n) is 11.5. The van der Waals surface area contributed by atoms with Crippen molar-refractivity contribution in [1.82, 2.24) is 4.31 Å². The van der Waals surface area contributed by atoms with E-state index >= 15 is 0 Å². The molecule has 112 valence electrons. The first-order valence-electron chi connectivity index (χ1n) is 6.76. The average molecular weight is 336 g/mol. The summed E-state index contributed by atoms with van der Waals surface area (Å²) in [5.74, 6) is 0.754. The van der Waals surface area contributed by atoms with Crippen molar-refractivity contribution in [1.29, 1.82) is 0 Å². The number of nitrogens with zero attached hydrogens (tertiary/aromatic N) is 1. The molecule has 0 unspecified atom stereocenters. The Balaban J connectivity index is 2.18. The van der Waals surface area contributed by atoms with Gasteiger partial charge in [-0.15, -0.1) is 11.6 Å². The quantitative estimate of drug-likeness (QED) is 0.765. The first kappa shape index (κ1) is 16.1. The minimum atomic E-state index is -3.47. The molecule has 1 aliphatic rings. The fourth-order valence-electron chi connectivity index (χ4n) is 2.63. The van der Waals surface area contributed by atoms with Crippen molar-refractivity contribution in [2.45, 2.75) is 36.5 Å². The lowest BCUT2D eigenvalue weighted by molar-refractivity contribution is 0.387. The van der Waals surface area contributed by atoms with E-state index in [4.69, 9.17) is 23.2 Å². The lowest BCUT2D eigenvalue weighted by Crippen LogP contribution is -2.31. The SMILES string of the molecule is CN(CC1CCCC1)S(=O)(=O)c1ccc(CCl)c(Cl)c1. The molecular weight excluding hydrogens is 317 g/mol. The second kappa shape index (κ2) is 6.65. The Hall–Kier alpha value is -0.290. The number of halogens is 2. The van der Waals surface area contributed by atoms with E-state index in [9.17, 15) is 8.42 Å². The predicted molar refractivity (Wildman–Crippen MR) is 82.8 cm³/mol. The molecule has 0 aromatic heterocycles. The van der Waals surface area contributed by atoms with Crippen LogP contribution in [-0.4, -0.2) is 26.3 Å². The van der Waals surface area contributed by atoms with Crippen LogP contribution in [0.5, 0.6) is 0 Å². The summed E-state index contributed by atoms with van der Waals surface area (Å²) < 4.78 is 26.5. The molecular formula is C14H19Cl2NO2S. The van der Waals surface area contributed by atoms with Crippen LogP contribution in [0.1, 0.15) is 31.2 Å². The van der Waals surface area contributed by atoms with E-state index < -0.39 is 10.0 Å². The van der Waals surface area contributed by atoms with Gasteiger partial charge in [-0.25, -0.2) is 12.7 Å². The molecule has 0 radical (unpaired) electrons. The summed E-state index contributed by atoms with van der Waals surface area (Å²) in [6.07, 6.45) is 4.64. The van der Waals surface area contributed by atoms with Gasteiger partial charge >= 0.3 is 0 Å². The Kier molecular flexibility index (Phi) is 5.35. The Morgan fingerprint density at radius 1 is 1.30 bits per heavy atom. The molecule has 0 atom stereocenters. The molecule has 0 N–H and O–H groups in total. The van der Waals surface area contributed by atoms with E-state index in [2.05, 4.69) is 0 Å². The summed E-state index contributed by atoms with van der Waals surface area (Å²) >= 11 is 11.8. The molecule has 1 aromatic rings. The predicted octanol–water partition coefficient (Wildman–Crippen LogP) is 3.89. The maximum Gasteiger partial charge on any atom is 0.242 e. The van der Waals surface area contributed by atoms with Gasteiger partial charge in [-0.3, -0.25) is 0 Å². The molecule has 1 fully saturated rings. The number of sulfonamides is 1. The van der Waals surface area contributed by atoms with Crippen molar-refractivity contribution in [2.24, 2.45) is 5.92 Å². The topological polar surface area (TPSA) is 37.4 Å². The van der Waals surface area contributed by atoms with Gasteiger partial charge in [-0.2, -0.15) is 0 Å². The fourth-order valence-corrected chi connectivity index (χ4v) is 4.52. The van der Waals surface area contributed by atoms with E-state index in [1.165, 1.54) is 23.2 Å². The maximum absolute atomic E-state index is 12.5. The van der Waals surface area contributed by atoms with E-state index in [0.29, 0.717) is 17.5 Å². The zero-order valence-corrected chi connectivity index (χ0v) is 13.8. The molecule has 0 spiro atoms. The van der Waals surface area contributed by atoms with Crippen molar-refractivity contribution < 1.29 is 8.42 Å². The van der Waals surface area contributed by atoms with Gasteiger partial charge in [0.25, 0.3) is 0 Å². The highest BCUT2D eigenvalue weighted by atomic mass is 35.5. The van der Waals surface area contributed by atoms with E-state index in [0.717, 1.165) is 18.4 Å². The van der Waals surface area contributed by atoms with Gasteiger partial charge in [0.15, 0.2) is 0 Å². The van der Waals surface area contributed by atoms with Gasteiger partial charge < -0.3 is 0 Å². The van der Waals surface area contributed by atoms with Crippen molar-refractivity contribution >= 4 is 33.2 Å². The first-order chi connectivity index (χ1) is 9.45. The highest BCUT2D eigenvalue weighted by Crippen LogP contribution is 2.28. The maximum atomic E-state index is 12.5. The Labute approximate surface area is 130 Å². The molecule has 3 nitrogen and oxygen atoms in total. The summed E-state index contributed by atoms with van der Waals surface area (Å²) in [4.78, 5) is 0.233. The van der Waals surface area contributed by atoms with Gasteiger partial charge in [0.05, 0.1) is 4.90 Å².